The van der Waals surface area contributed by atoms with Crippen LogP contribution in [0, 0.1) is 11.8 Å². The van der Waals surface area contributed by atoms with Gasteiger partial charge in [0.15, 0.2) is 0 Å². The van der Waals surface area contributed by atoms with Crippen molar-refractivity contribution >= 4 is 11.8 Å². The molecule has 5 nitrogen and oxygen atoms in total. The molecule has 21 heavy (non-hydrogen) atoms. The van der Waals surface area contributed by atoms with Crippen LogP contribution in [-0.4, -0.2) is 47.1 Å². The van der Waals surface area contributed by atoms with Crippen molar-refractivity contribution < 1.29 is 14.7 Å². The van der Waals surface area contributed by atoms with E-state index < -0.39 is 5.54 Å². The number of hydrogen-bond donors (Lipinski definition) is 2. The van der Waals surface area contributed by atoms with Crippen molar-refractivity contribution in [2.45, 2.75) is 56.9 Å². The topological polar surface area (TPSA) is 69.6 Å². The molecular formula is C16H26N2O3. The summed E-state index contributed by atoms with van der Waals surface area (Å²) in [7, 11) is 0. The van der Waals surface area contributed by atoms with E-state index in [-0.39, 0.29) is 24.3 Å². The SMILES string of the molecule is O=C(NC1(CO)CCCCC1)C1CC(=O)N(CC2CC2)C1. The number of aliphatic hydroxyl groups is 1. The summed E-state index contributed by atoms with van der Waals surface area (Å²) < 4.78 is 0. The standard InChI is InChI=1S/C16H26N2O3/c19-11-16(6-2-1-3-7-16)17-15(21)13-8-14(20)18(10-13)9-12-4-5-12/h12-13,19H,1-11H2,(H,17,21). The van der Waals surface area contributed by atoms with Crippen molar-refractivity contribution in [1.29, 1.82) is 0 Å². The molecule has 5 heteroatoms. The zero-order chi connectivity index (χ0) is 14.9. The van der Waals surface area contributed by atoms with Gasteiger partial charge in [-0.1, -0.05) is 19.3 Å². The molecule has 1 heterocycles. The lowest BCUT2D eigenvalue weighted by atomic mass is 9.82. The number of likely N-dealkylation sites (tertiary alicyclic amines) is 1. The van der Waals surface area contributed by atoms with Gasteiger partial charge in [-0.3, -0.25) is 9.59 Å². The predicted molar refractivity (Wildman–Crippen MR) is 78.5 cm³/mol. The molecule has 3 fully saturated rings. The van der Waals surface area contributed by atoms with E-state index in [0.717, 1.165) is 32.2 Å². The summed E-state index contributed by atoms with van der Waals surface area (Å²) >= 11 is 0. The number of aliphatic hydroxyl groups excluding tert-OH is 1. The molecule has 0 bridgehead atoms. The average Bonchev–Trinajstić information content (AvgIpc) is 3.23. The number of rotatable bonds is 5. The van der Waals surface area contributed by atoms with Crippen LogP contribution >= 0.6 is 0 Å². The summed E-state index contributed by atoms with van der Waals surface area (Å²) in [5, 5.41) is 12.7. The normalized spacial score (nSPS) is 28.7. The second-order valence-electron chi connectivity index (χ2n) is 7.13. The Morgan fingerprint density at radius 2 is 2.00 bits per heavy atom. The van der Waals surface area contributed by atoms with Crippen LogP contribution in [0.15, 0.2) is 0 Å². The average molecular weight is 294 g/mol. The maximum Gasteiger partial charge on any atom is 0.225 e. The van der Waals surface area contributed by atoms with Gasteiger partial charge in [0.05, 0.1) is 18.1 Å². The molecule has 1 saturated heterocycles. The van der Waals surface area contributed by atoms with Crippen molar-refractivity contribution in [3.05, 3.63) is 0 Å². The van der Waals surface area contributed by atoms with E-state index >= 15 is 0 Å². The largest absolute Gasteiger partial charge is 0.394 e. The van der Waals surface area contributed by atoms with Crippen LogP contribution in [0.1, 0.15) is 51.4 Å². The number of hydrogen-bond acceptors (Lipinski definition) is 3. The van der Waals surface area contributed by atoms with Gasteiger partial charge in [-0.25, -0.2) is 0 Å². The van der Waals surface area contributed by atoms with Gasteiger partial charge < -0.3 is 15.3 Å². The monoisotopic (exact) mass is 294 g/mol. The first-order valence-corrected chi connectivity index (χ1v) is 8.32. The molecule has 2 saturated carbocycles. The minimum atomic E-state index is -0.442. The van der Waals surface area contributed by atoms with Crippen LogP contribution in [0.4, 0.5) is 0 Å². The molecule has 0 aromatic rings. The fraction of sp³-hybridized carbons (Fsp3) is 0.875. The molecule has 3 rings (SSSR count). The number of amides is 2. The van der Waals surface area contributed by atoms with Crippen LogP contribution in [0.2, 0.25) is 0 Å². The third kappa shape index (κ3) is 3.39. The van der Waals surface area contributed by atoms with E-state index in [1.54, 1.807) is 0 Å². The van der Waals surface area contributed by atoms with Crippen LogP contribution < -0.4 is 5.32 Å². The third-order valence-corrected chi connectivity index (χ3v) is 5.26. The van der Waals surface area contributed by atoms with Gasteiger partial charge in [0.1, 0.15) is 0 Å². The summed E-state index contributed by atoms with van der Waals surface area (Å²) in [6.45, 7) is 1.39. The first-order chi connectivity index (χ1) is 10.1. The zero-order valence-corrected chi connectivity index (χ0v) is 12.6. The highest BCUT2D eigenvalue weighted by molar-refractivity contribution is 5.89. The lowest BCUT2D eigenvalue weighted by molar-refractivity contribution is -0.130. The first-order valence-electron chi connectivity index (χ1n) is 8.32. The number of nitrogens with one attached hydrogen (secondary N) is 1. The van der Waals surface area contributed by atoms with Crippen molar-refractivity contribution in [2.24, 2.45) is 11.8 Å². The molecule has 2 N–H and O–H groups in total. The fourth-order valence-electron chi connectivity index (χ4n) is 3.65. The fourth-order valence-corrected chi connectivity index (χ4v) is 3.65. The van der Waals surface area contributed by atoms with Crippen LogP contribution in [-0.2, 0) is 9.59 Å². The molecule has 0 spiro atoms. The highest BCUT2D eigenvalue weighted by Crippen LogP contribution is 2.33. The lowest BCUT2D eigenvalue weighted by Gasteiger charge is -2.37. The van der Waals surface area contributed by atoms with Gasteiger partial charge >= 0.3 is 0 Å². The molecule has 1 aliphatic heterocycles. The third-order valence-electron chi connectivity index (χ3n) is 5.26. The number of carbonyl (C=O) groups is 2. The van der Waals surface area contributed by atoms with Crippen LogP contribution in [0.5, 0.6) is 0 Å². The van der Waals surface area contributed by atoms with E-state index in [4.69, 9.17) is 0 Å². The predicted octanol–water partition coefficient (Wildman–Crippen LogP) is 1.06. The summed E-state index contributed by atoms with van der Waals surface area (Å²) in [4.78, 5) is 26.3. The van der Waals surface area contributed by atoms with Crippen LogP contribution in [0.3, 0.4) is 0 Å². The zero-order valence-electron chi connectivity index (χ0n) is 12.6. The smallest absolute Gasteiger partial charge is 0.225 e. The van der Waals surface area contributed by atoms with Crippen molar-refractivity contribution in [1.82, 2.24) is 10.2 Å². The molecule has 0 aromatic carbocycles. The lowest BCUT2D eigenvalue weighted by Crippen LogP contribution is -2.54. The van der Waals surface area contributed by atoms with Crippen molar-refractivity contribution in [3.63, 3.8) is 0 Å². The Morgan fingerprint density at radius 1 is 1.29 bits per heavy atom. The van der Waals surface area contributed by atoms with Gasteiger partial charge in [-0.2, -0.15) is 0 Å². The Hall–Kier alpha value is -1.10. The summed E-state index contributed by atoms with van der Waals surface area (Å²) in [6, 6.07) is 0. The molecule has 2 aliphatic carbocycles. The van der Waals surface area contributed by atoms with Crippen LogP contribution in [0.25, 0.3) is 0 Å². The molecular weight excluding hydrogens is 268 g/mol. The molecule has 0 radical (unpaired) electrons. The number of nitrogens with zero attached hydrogens (tertiary/aromatic N) is 1. The highest BCUT2D eigenvalue weighted by Gasteiger charge is 2.40. The van der Waals surface area contributed by atoms with E-state index in [1.807, 2.05) is 4.90 Å². The molecule has 2 amide bonds. The molecule has 1 atom stereocenters. The summed E-state index contributed by atoms with van der Waals surface area (Å²) in [5.74, 6) is 0.501. The van der Waals surface area contributed by atoms with Crippen molar-refractivity contribution in [2.75, 3.05) is 19.7 Å². The first kappa shape index (κ1) is 14.8. The van der Waals surface area contributed by atoms with Gasteiger partial charge in [0.25, 0.3) is 0 Å². The molecule has 3 aliphatic rings. The maximum absolute atomic E-state index is 12.5. The Kier molecular flexibility index (Phi) is 4.20. The Bertz CT molecular complexity index is 414. The Balaban J connectivity index is 1.56. The van der Waals surface area contributed by atoms with Gasteiger partial charge in [-0.15, -0.1) is 0 Å². The molecule has 118 valence electrons. The second kappa shape index (κ2) is 5.95. The van der Waals surface area contributed by atoms with E-state index in [9.17, 15) is 14.7 Å². The van der Waals surface area contributed by atoms with E-state index in [0.29, 0.717) is 18.9 Å². The van der Waals surface area contributed by atoms with Crippen molar-refractivity contribution in [3.8, 4) is 0 Å². The van der Waals surface area contributed by atoms with Gasteiger partial charge in [-0.05, 0) is 31.6 Å². The van der Waals surface area contributed by atoms with E-state index in [1.165, 1.54) is 19.3 Å². The minimum absolute atomic E-state index is 0.00515. The van der Waals surface area contributed by atoms with E-state index in [2.05, 4.69) is 5.32 Å². The maximum atomic E-state index is 12.5. The molecule has 0 aromatic heterocycles. The minimum Gasteiger partial charge on any atom is -0.394 e. The second-order valence-corrected chi connectivity index (χ2v) is 7.13. The number of carbonyl (C=O) groups excluding carboxylic acids is 2. The Morgan fingerprint density at radius 3 is 2.62 bits per heavy atom. The summed E-state index contributed by atoms with van der Waals surface area (Å²) in [5.41, 5.74) is -0.442. The summed E-state index contributed by atoms with van der Waals surface area (Å²) in [6.07, 6.45) is 7.75. The molecule has 1 unspecified atom stereocenters. The quantitative estimate of drug-likeness (QED) is 0.796. The van der Waals surface area contributed by atoms with Gasteiger partial charge in [0.2, 0.25) is 11.8 Å². The highest BCUT2D eigenvalue weighted by atomic mass is 16.3. The Labute approximate surface area is 126 Å². The van der Waals surface area contributed by atoms with Gasteiger partial charge in [0, 0.05) is 19.5 Å².